The van der Waals surface area contributed by atoms with Crippen molar-refractivity contribution in [1.29, 1.82) is 0 Å². The summed E-state index contributed by atoms with van der Waals surface area (Å²) in [5.41, 5.74) is 4.33. The molecule has 5 heterocycles. The van der Waals surface area contributed by atoms with Gasteiger partial charge < -0.3 is 20.5 Å². The Bertz CT molecular complexity index is 1170. The van der Waals surface area contributed by atoms with Crippen LogP contribution in [0.1, 0.15) is 5.56 Å². The van der Waals surface area contributed by atoms with Gasteiger partial charge in [-0.1, -0.05) is 12.1 Å². The van der Waals surface area contributed by atoms with E-state index in [2.05, 4.69) is 60.8 Å². The van der Waals surface area contributed by atoms with Gasteiger partial charge in [0.15, 0.2) is 5.65 Å². The van der Waals surface area contributed by atoms with Crippen molar-refractivity contribution in [1.82, 2.24) is 25.3 Å². The van der Waals surface area contributed by atoms with Crippen LogP contribution in [-0.4, -0.2) is 46.1 Å². The van der Waals surface area contributed by atoms with Crippen LogP contribution in [0.2, 0.25) is 0 Å². The van der Waals surface area contributed by atoms with Gasteiger partial charge in [0.2, 0.25) is 0 Å². The molecule has 0 atom stereocenters. The van der Waals surface area contributed by atoms with E-state index in [1.165, 1.54) is 10.9 Å². The first-order valence-electron chi connectivity index (χ1n) is 9.66. The van der Waals surface area contributed by atoms with Gasteiger partial charge in [0.1, 0.15) is 17.2 Å². The first kappa shape index (κ1) is 15.8. The number of hydrogen-bond donors (Lipinski definition) is 3. The summed E-state index contributed by atoms with van der Waals surface area (Å²) in [5.74, 6) is 1.74. The number of fused-ring (bicyclic) bond motifs is 2. The molecule has 0 amide bonds. The molecular weight excluding hydrogens is 350 g/mol. The molecule has 0 unspecified atom stereocenters. The molecule has 7 nitrogen and oxygen atoms in total. The predicted octanol–water partition coefficient (Wildman–Crippen LogP) is 2.53. The molecule has 28 heavy (non-hydrogen) atoms. The van der Waals surface area contributed by atoms with Gasteiger partial charge in [-0.2, -0.15) is 0 Å². The van der Waals surface area contributed by atoms with Crippen LogP contribution in [0, 0.1) is 5.41 Å². The number of aromatic amines is 1. The van der Waals surface area contributed by atoms with E-state index in [0.29, 0.717) is 17.6 Å². The highest BCUT2D eigenvalue weighted by Crippen LogP contribution is 2.36. The fourth-order valence-corrected chi connectivity index (χ4v) is 4.17. The largest absolute Gasteiger partial charge is 0.365 e. The Kier molecular flexibility index (Phi) is 3.34. The molecule has 2 saturated heterocycles. The molecule has 1 spiro atoms. The van der Waals surface area contributed by atoms with Crippen molar-refractivity contribution in [3.05, 3.63) is 54.4 Å². The first-order valence-corrected chi connectivity index (χ1v) is 9.66. The molecule has 1 aromatic carbocycles. The van der Waals surface area contributed by atoms with Crippen LogP contribution in [0.15, 0.2) is 48.8 Å². The maximum atomic E-state index is 4.76. The summed E-state index contributed by atoms with van der Waals surface area (Å²) in [5, 5.41) is 7.96. The summed E-state index contributed by atoms with van der Waals surface area (Å²) in [6, 6.07) is 12.5. The number of anilines is 2. The second kappa shape index (κ2) is 5.90. The second-order valence-electron chi connectivity index (χ2n) is 7.98. The lowest BCUT2D eigenvalue weighted by molar-refractivity contribution is 0.120. The number of aromatic nitrogens is 4. The summed E-state index contributed by atoms with van der Waals surface area (Å²) >= 11 is 0. The standard InChI is InChI=1S/C21H21N7/c1-2-15-5-6-23-17(15)7-14(1)8-25-18-9-24-16-3-4-19(27-20(16)26-18)28-12-21(13-28)10-22-11-21/h1-7,9,22-23H,8,10-13H2,(H,25,26,27). The van der Waals surface area contributed by atoms with Crippen molar-refractivity contribution < 1.29 is 0 Å². The number of benzene rings is 1. The Morgan fingerprint density at radius 2 is 2.00 bits per heavy atom. The van der Waals surface area contributed by atoms with E-state index in [1.807, 2.05) is 12.3 Å². The van der Waals surface area contributed by atoms with E-state index < -0.39 is 0 Å². The van der Waals surface area contributed by atoms with E-state index in [0.717, 1.165) is 48.8 Å². The van der Waals surface area contributed by atoms with Crippen molar-refractivity contribution in [3.63, 3.8) is 0 Å². The quantitative estimate of drug-likeness (QED) is 0.511. The number of hydrogen-bond acceptors (Lipinski definition) is 6. The third-order valence-corrected chi connectivity index (χ3v) is 5.86. The Morgan fingerprint density at radius 1 is 1.07 bits per heavy atom. The van der Waals surface area contributed by atoms with Gasteiger partial charge >= 0.3 is 0 Å². The highest BCUT2D eigenvalue weighted by atomic mass is 15.3. The summed E-state index contributed by atoms with van der Waals surface area (Å²) in [4.78, 5) is 19.5. The van der Waals surface area contributed by atoms with Crippen LogP contribution < -0.4 is 15.5 Å². The molecular formula is C21H21N7. The van der Waals surface area contributed by atoms with E-state index >= 15 is 0 Å². The summed E-state index contributed by atoms with van der Waals surface area (Å²) in [7, 11) is 0. The fraction of sp³-hybridized carbons (Fsp3) is 0.286. The molecule has 7 heteroatoms. The number of rotatable bonds is 4. The second-order valence-corrected chi connectivity index (χ2v) is 7.98. The zero-order chi connectivity index (χ0) is 18.6. The molecule has 0 radical (unpaired) electrons. The third kappa shape index (κ3) is 2.58. The SMILES string of the molecule is c1cc2ccc(CNc3cnc4ccc(N5CC6(CNC6)C5)nc4n3)cc2[nH]1. The number of H-pyrrole nitrogens is 1. The minimum absolute atomic E-state index is 0.478. The Hall–Kier alpha value is -3.19. The molecule has 0 saturated carbocycles. The van der Waals surface area contributed by atoms with Gasteiger partial charge in [-0.25, -0.2) is 15.0 Å². The lowest BCUT2D eigenvalue weighted by Gasteiger charge is -2.56. The number of nitrogens with zero attached hydrogens (tertiary/aromatic N) is 4. The summed E-state index contributed by atoms with van der Waals surface area (Å²) in [6.07, 6.45) is 3.73. The van der Waals surface area contributed by atoms with Crippen molar-refractivity contribution in [2.75, 3.05) is 36.4 Å². The normalized spacial score (nSPS) is 17.6. The van der Waals surface area contributed by atoms with Crippen LogP contribution in [0.5, 0.6) is 0 Å². The van der Waals surface area contributed by atoms with Crippen LogP contribution in [0.3, 0.4) is 0 Å². The molecule has 3 aromatic heterocycles. The third-order valence-electron chi connectivity index (χ3n) is 5.86. The molecule has 0 bridgehead atoms. The van der Waals surface area contributed by atoms with Crippen LogP contribution in [0.25, 0.3) is 22.1 Å². The maximum absolute atomic E-state index is 4.76. The number of pyridine rings is 1. The molecule has 140 valence electrons. The Labute approximate surface area is 162 Å². The Balaban J connectivity index is 1.20. The van der Waals surface area contributed by atoms with Gasteiger partial charge in [0.25, 0.3) is 0 Å². The summed E-state index contributed by atoms with van der Waals surface area (Å²) in [6.45, 7) is 5.09. The van der Waals surface area contributed by atoms with Gasteiger partial charge in [0.05, 0.1) is 6.20 Å². The highest BCUT2D eigenvalue weighted by Gasteiger charge is 2.47. The molecule has 2 aliphatic heterocycles. The van der Waals surface area contributed by atoms with Gasteiger partial charge in [0, 0.05) is 49.9 Å². The molecule has 2 aliphatic rings. The lowest BCUT2D eigenvalue weighted by Crippen LogP contribution is -2.71. The topological polar surface area (TPSA) is 81.8 Å². The maximum Gasteiger partial charge on any atom is 0.182 e. The molecule has 6 rings (SSSR count). The predicted molar refractivity (Wildman–Crippen MR) is 110 cm³/mol. The van der Waals surface area contributed by atoms with Crippen LogP contribution >= 0.6 is 0 Å². The van der Waals surface area contributed by atoms with Crippen LogP contribution in [0.4, 0.5) is 11.6 Å². The molecule has 0 aliphatic carbocycles. The van der Waals surface area contributed by atoms with E-state index in [4.69, 9.17) is 4.98 Å². The van der Waals surface area contributed by atoms with Crippen molar-refractivity contribution in [3.8, 4) is 0 Å². The highest BCUT2D eigenvalue weighted by molar-refractivity contribution is 5.80. The van der Waals surface area contributed by atoms with E-state index in [-0.39, 0.29) is 0 Å². The lowest BCUT2D eigenvalue weighted by atomic mass is 9.74. The van der Waals surface area contributed by atoms with Gasteiger partial charge in [-0.3, -0.25) is 0 Å². The minimum Gasteiger partial charge on any atom is -0.365 e. The molecule has 4 aromatic rings. The monoisotopic (exact) mass is 371 g/mol. The zero-order valence-corrected chi connectivity index (χ0v) is 15.4. The molecule has 3 N–H and O–H groups in total. The Morgan fingerprint density at radius 3 is 2.86 bits per heavy atom. The number of nitrogens with one attached hydrogen (secondary N) is 3. The minimum atomic E-state index is 0.478. The van der Waals surface area contributed by atoms with E-state index in [1.54, 1.807) is 6.20 Å². The summed E-state index contributed by atoms with van der Waals surface area (Å²) < 4.78 is 0. The average molecular weight is 371 g/mol. The van der Waals surface area contributed by atoms with Crippen molar-refractivity contribution in [2.45, 2.75) is 6.54 Å². The van der Waals surface area contributed by atoms with Crippen molar-refractivity contribution in [2.24, 2.45) is 5.41 Å². The first-order chi connectivity index (χ1) is 13.8. The molecule has 2 fully saturated rings. The van der Waals surface area contributed by atoms with Gasteiger partial charge in [-0.05, 0) is 35.2 Å². The fourth-order valence-electron chi connectivity index (χ4n) is 4.17. The van der Waals surface area contributed by atoms with E-state index in [9.17, 15) is 0 Å². The van der Waals surface area contributed by atoms with Gasteiger partial charge in [-0.15, -0.1) is 0 Å². The van der Waals surface area contributed by atoms with Crippen molar-refractivity contribution >= 4 is 33.7 Å². The zero-order valence-electron chi connectivity index (χ0n) is 15.4. The smallest absolute Gasteiger partial charge is 0.182 e. The average Bonchev–Trinajstić information content (AvgIpc) is 3.11. The van der Waals surface area contributed by atoms with Crippen LogP contribution in [-0.2, 0) is 6.54 Å².